The number of hydrogen-bond acceptors (Lipinski definition) is 0. The number of allylic oxidation sites excluding steroid dienone is 5. The molecule has 0 fully saturated rings. The Balaban J connectivity index is 0.00000110. The molecule has 21 heavy (non-hydrogen) atoms. The van der Waals surface area contributed by atoms with Crippen molar-refractivity contribution < 1.29 is 56.9 Å². The summed E-state index contributed by atoms with van der Waals surface area (Å²) < 4.78 is 2.66. The molecule has 3 heteroatoms. The molecular formula is C18H20Br2Hf. The normalized spacial score (nSPS) is 18.0. The van der Waals surface area contributed by atoms with E-state index in [2.05, 4.69) is 55.5 Å². The maximum absolute atomic E-state index is 2.47. The molecule has 0 bridgehead atoms. The van der Waals surface area contributed by atoms with Crippen molar-refractivity contribution in [2.75, 3.05) is 0 Å². The maximum atomic E-state index is 2.47. The van der Waals surface area contributed by atoms with Crippen LogP contribution in [0, 0.1) is 0 Å². The number of unbranched alkanes of at least 4 members (excludes halogenated alkanes) is 1. The Morgan fingerprint density at radius 2 is 1.95 bits per heavy atom. The van der Waals surface area contributed by atoms with Crippen molar-refractivity contribution in [1.29, 1.82) is 0 Å². The molecule has 1 unspecified atom stereocenters. The van der Waals surface area contributed by atoms with Gasteiger partial charge in [0, 0.05) is 0 Å². The van der Waals surface area contributed by atoms with Gasteiger partial charge >= 0.3 is 128 Å². The van der Waals surface area contributed by atoms with E-state index in [1.54, 1.807) is 11.1 Å². The minimum Gasteiger partial charge on any atom is -1.00 e. The Labute approximate surface area is 160 Å². The Morgan fingerprint density at radius 1 is 1.14 bits per heavy atom. The molecule has 0 saturated carbocycles. The smallest absolute Gasteiger partial charge is 1.00 e. The van der Waals surface area contributed by atoms with Gasteiger partial charge in [0.25, 0.3) is 0 Å². The molecule has 0 aromatic heterocycles. The van der Waals surface area contributed by atoms with Crippen LogP contribution in [0.2, 0.25) is 0 Å². The van der Waals surface area contributed by atoms with Gasteiger partial charge < -0.3 is 34.0 Å². The van der Waals surface area contributed by atoms with E-state index in [1.807, 2.05) is 3.33 Å². The van der Waals surface area contributed by atoms with Crippen LogP contribution in [0.25, 0.3) is 6.08 Å². The first-order chi connectivity index (χ1) is 9.38. The van der Waals surface area contributed by atoms with Crippen LogP contribution in [0.4, 0.5) is 0 Å². The quantitative estimate of drug-likeness (QED) is 0.407. The van der Waals surface area contributed by atoms with Crippen LogP contribution >= 0.6 is 0 Å². The van der Waals surface area contributed by atoms with Crippen LogP contribution in [0.15, 0.2) is 51.4 Å². The van der Waals surface area contributed by atoms with Gasteiger partial charge in [0.05, 0.1) is 0 Å². The van der Waals surface area contributed by atoms with Crippen LogP contribution in [-0.2, 0) is 22.9 Å². The molecule has 0 heterocycles. The predicted molar refractivity (Wildman–Crippen MR) is 78.5 cm³/mol. The number of halogens is 2. The van der Waals surface area contributed by atoms with E-state index >= 15 is 0 Å². The Kier molecular flexibility index (Phi) is 8.66. The number of fused-ring (bicyclic) bond motifs is 1. The predicted octanol–water partition coefficient (Wildman–Crippen LogP) is -0.751. The largest absolute Gasteiger partial charge is 1.00 e. The Morgan fingerprint density at radius 3 is 2.76 bits per heavy atom. The van der Waals surface area contributed by atoms with Crippen molar-refractivity contribution >= 4 is 6.08 Å². The van der Waals surface area contributed by atoms with Gasteiger partial charge in [-0.2, -0.15) is 0 Å². The Bertz CT molecular complexity index is 558. The van der Waals surface area contributed by atoms with Crippen molar-refractivity contribution in [2.24, 2.45) is 0 Å². The molecule has 2 aliphatic rings. The second-order valence-corrected chi connectivity index (χ2v) is 10.8. The first-order valence-electron chi connectivity index (χ1n) is 7.30. The molecule has 0 aliphatic heterocycles. The van der Waals surface area contributed by atoms with Gasteiger partial charge in [0.2, 0.25) is 0 Å². The topological polar surface area (TPSA) is 0 Å². The minimum atomic E-state index is -0.749. The molecular weight excluding hydrogens is 554 g/mol. The van der Waals surface area contributed by atoms with Crippen LogP contribution in [0.3, 0.4) is 0 Å². The van der Waals surface area contributed by atoms with Gasteiger partial charge in [-0.15, -0.1) is 0 Å². The second-order valence-electron chi connectivity index (χ2n) is 5.32. The molecule has 0 spiro atoms. The average Bonchev–Trinajstić information content (AvgIpc) is 3.05. The average molecular weight is 575 g/mol. The monoisotopic (exact) mass is 574 g/mol. The summed E-state index contributed by atoms with van der Waals surface area (Å²) in [6, 6.07) is 8.94. The van der Waals surface area contributed by atoms with E-state index in [0.717, 1.165) is 3.67 Å². The Hall–Kier alpha value is 0.270. The summed E-state index contributed by atoms with van der Waals surface area (Å²) in [5, 5.41) is 0. The summed E-state index contributed by atoms with van der Waals surface area (Å²) >= 11 is -0.749. The van der Waals surface area contributed by atoms with Crippen molar-refractivity contribution in [1.82, 2.24) is 0 Å². The van der Waals surface area contributed by atoms with Crippen LogP contribution in [-0.4, -0.2) is 0 Å². The van der Waals surface area contributed by atoms with Crippen molar-refractivity contribution in [3.63, 3.8) is 0 Å². The zero-order valence-corrected chi connectivity index (χ0v) is 19.0. The van der Waals surface area contributed by atoms with E-state index < -0.39 is 22.9 Å². The third-order valence-electron chi connectivity index (χ3n) is 3.96. The maximum Gasteiger partial charge on any atom is -1.00 e. The van der Waals surface area contributed by atoms with Crippen LogP contribution in [0.5, 0.6) is 0 Å². The van der Waals surface area contributed by atoms with Crippen LogP contribution < -0.4 is 34.0 Å². The van der Waals surface area contributed by atoms with Crippen LogP contribution in [0.1, 0.15) is 47.4 Å². The van der Waals surface area contributed by atoms with E-state index in [1.165, 1.54) is 31.2 Å². The molecule has 1 atom stereocenters. The number of hydrogen-bond donors (Lipinski definition) is 0. The summed E-state index contributed by atoms with van der Waals surface area (Å²) in [7, 11) is 0. The third-order valence-corrected chi connectivity index (χ3v) is 10.0. The van der Waals surface area contributed by atoms with Gasteiger partial charge in [-0.3, -0.25) is 0 Å². The molecule has 2 aliphatic carbocycles. The third kappa shape index (κ3) is 4.62. The standard InChI is InChI=1S/C9H7.C9H13.2BrH.Hf/c1-2-5-9-7-3-6-8(9)4-1;1-2-3-6-9-7-4-5-8-9;;;/h1-7H;4,7H,2-3,5-6H2,1H3;2*1H;/q;;;;+2/p-2. The molecule has 1 aromatic carbocycles. The summed E-state index contributed by atoms with van der Waals surface area (Å²) in [4.78, 5) is 0. The first kappa shape index (κ1) is 19.3. The number of rotatable bonds is 5. The SMILES string of the molecule is CCCCC1=[C]([Hf+2][CH]2C=Cc3ccccc32)CC=C1.[Br-].[Br-]. The zero-order chi connectivity index (χ0) is 13.1. The summed E-state index contributed by atoms with van der Waals surface area (Å²) in [6.45, 7) is 2.29. The molecule has 0 N–H and O–H groups in total. The summed E-state index contributed by atoms with van der Waals surface area (Å²) in [5.41, 5.74) is 4.75. The van der Waals surface area contributed by atoms with Crippen molar-refractivity contribution in [2.45, 2.75) is 36.3 Å². The molecule has 0 radical (unpaired) electrons. The molecule has 1 aromatic rings. The fraction of sp³-hybridized carbons (Fsp3) is 0.333. The summed E-state index contributed by atoms with van der Waals surface area (Å²) in [5.74, 6) is 0. The van der Waals surface area contributed by atoms with E-state index in [4.69, 9.17) is 0 Å². The van der Waals surface area contributed by atoms with E-state index in [-0.39, 0.29) is 34.0 Å². The van der Waals surface area contributed by atoms with Gasteiger partial charge in [0.15, 0.2) is 0 Å². The molecule has 110 valence electrons. The second kappa shape index (κ2) is 9.42. The summed E-state index contributed by atoms with van der Waals surface area (Å²) in [6.07, 6.45) is 14.8. The van der Waals surface area contributed by atoms with E-state index in [0.29, 0.717) is 0 Å². The van der Waals surface area contributed by atoms with Gasteiger partial charge in [-0.1, -0.05) is 0 Å². The molecule has 0 saturated heterocycles. The molecule has 0 amide bonds. The van der Waals surface area contributed by atoms with Gasteiger partial charge in [-0.05, 0) is 0 Å². The van der Waals surface area contributed by atoms with E-state index in [9.17, 15) is 0 Å². The molecule has 0 nitrogen and oxygen atoms in total. The minimum absolute atomic E-state index is 0. The fourth-order valence-corrected chi connectivity index (χ4v) is 8.67. The van der Waals surface area contributed by atoms with Gasteiger partial charge in [-0.25, -0.2) is 0 Å². The molecule has 3 rings (SSSR count). The first-order valence-corrected chi connectivity index (χ1v) is 11.2. The van der Waals surface area contributed by atoms with Gasteiger partial charge in [0.1, 0.15) is 0 Å². The zero-order valence-electron chi connectivity index (χ0n) is 12.3. The fourth-order valence-electron chi connectivity index (χ4n) is 2.87. The van der Waals surface area contributed by atoms with Crippen molar-refractivity contribution in [3.05, 3.63) is 62.5 Å². The van der Waals surface area contributed by atoms with Crippen molar-refractivity contribution in [3.8, 4) is 0 Å². The number of benzene rings is 1.